The lowest BCUT2D eigenvalue weighted by molar-refractivity contribution is -0.145. The van der Waals surface area contributed by atoms with Crippen molar-refractivity contribution in [2.24, 2.45) is 0 Å². The number of benzene rings is 1. The van der Waals surface area contributed by atoms with Gasteiger partial charge in [0.1, 0.15) is 10.4 Å². The van der Waals surface area contributed by atoms with E-state index in [2.05, 4.69) is 28.6 Å². The van der Waals surface area contributed by atoms with Crippen LogP contribution in [0.4, 0.5) is 0 Å². The lowest BCUT2D eigenvalue weighted by Crippen LogP contribution is -2.47. The fraction of sp³-hybridized carbons (Fsp3) is 0.263. The molecule has 0 bridgehead atoms. The van der Waals surface area contributed by atoms with Crippen molar-refractivity contribution >= 4 is 56.5 Å². The SMILES string of the molecule is COC(=O)[C@@H]1Cc2c([nH]c3ccccc23)CN1C(=S)SCc1cccs1. The molecular weight excluding hydrogens is 384 g/mol. The van der Waals surface area contributed by atoms with Gasteiger partial charge in [0, 0.05) is 33.6 Å². The lowest BCUT2D eigenvalue weighted by Gasteiger charge is -2.35. The highest BCUT2D eigenvalue weighted by Gasteiger charge is 2.35. The highest BCUT2D eigenvalue weighted by molar-refractivity contribution is 8.22. The Hall–Kier alpha value is -1.83. The molecule has 0 amide bonds. The van der Waals surface area contributed by atoms with Crippen LogP contribution in [0.1, 0.15) is 16.1 Å². The number of fused-ring (bicyclic) bond motifs is 3. The number of aromatic nitrogens is 1. The highest BCUT2D eigenvalue weighted by atomic mass is 32.2. The van der Waals surface area contributed by atoms with Crippen LogP contribution in [0, 0.1) is 0 Å². The highest BCUT2D eigenvalue weighted by Crippen LogP contribution is 2.33. The number of para-hydroxylation sites is 1. The van der Waals surface area contributed by atoms with E-state index in [1.807, 2.05) is 23.1 Å². The molecule has 1 aliphatic rings. The van der Waals surface area contributed by atoms with Gasteiger partial charge >= 0.3 is 5.97 Å². The van der Waals surface area contributed by atoms with Gasteiger partial charge in [-0.2, -0.15) is 0 Å². The first-order valence-corrected chi connectivity index (χ1v) is 10.6. The average molecular weight is 403 g/mol. The molecule has 1 atom stereocenters. The third-order valence-electron chi connectivity index (χ3n) is 4.63. The van der Waals surface area contributed by atoms with Crippen LogP contribution in [-0.2, 0) is 28.2 Å². The number of rotatable bonds is 3. The minimum absolute atomic E-state index is 0.236. The quantitative estimate of drug-likeness (QED) is 0.521. The van der Waals surface area contributed by atoms with E-state index >= 15 is 0 Å². The summed E-state index contributed by atoms with van der Waals surface area (Å²) in [7, 11) is 1.44. The molecule has 134 valence electrons. The van der Waals surface area contributed by atoms with Gasteiger partial charge in [-0.05, 0) is 23.1 Å². The van der Waals surface area contributed by atoms with E-state index in [0.717, 1.165) is 21.3 Å². The standard InChI is InChI=1S/C19H18N2O2S3/c1-23-18(22)17-9-14-13-6-2-3-7-15(13)20-16(14)10-21(17)19(24)26-11-12-5-4-8-25-12/h2-8,17,20H,9-11H2,1H3/t17-/m0/s1. The monoisotopic (exact) mass is 402 g/mol. The van der Waals surface area contributed by atoms with E-state index in [1.54, 1.807) is 23.1 Å². The number of carbonyl (C=O) groups excluding carboxylic acids is 1. The van der Waals surface area contributed by atoms with E-state index in [1.165, 1.54) is 22.9 Å². The van der Waals surface area contributed by atoms with Crippen molar-refractivity contribution in [3.05, 3.63) is 57.9 Å². The van der Waals surface area contributed by atoms with E-state index in [9.17, 15) is 4.79 Å². The molecule has 0 saturated heterocycles. The summed E-state index contributed by atoms with van der Waals surface area (Å²) in [6, 6.07) is 12.0. The normalized spacial score (nSPS) is 16.5. The smallest absolute Gasteiger partial charge is 0.328 e. The van der Waals surface area contributed by atoms with Gasteiger partial charge in [0.15, 0.2) is 0 Å². The number of thiocarbonyl (C=S) groups is 1. The Bertz CT molecular complexity index is 949. The van der Waals surface area contributed by atoms with Gasteiger partial charge in [-0.25, -0.2) is 4.79 Å². The van der Waals surface area contributed by atoms with Gasteiger partial charge in [0.05, 0.1) is 13.7 Å². The second-order valence-electron chi connectivity index (χ2n) is 6.13. The van der Waals surface area contributed by atoms with Crippen molar-refractivity contribution in [3.63, 3.8) is 0 Å². The van der Waals surface area contributed by atoms with Crippen LogP contribution in [0.15, 0.2) is 41.8 Å². The molecule has 2 aromatic heterocycles. The van der Waals surface area contributed by atoms with Gasteiger partial charge in [0.2, 0.25) is 0 Å². The van der Waals surface area contributed by atoms with Crippen LogP contribution in [-0.4, -0.2) is 33.3 Å². The molecule has 26 heavy (non-hydrogen) atoms. The molecule has 4 nitrogen and oxygen atoms in total. The molecule has 1 aliphatic heterocycles. The van der Waals surface area contributed by atoms with Crippen molar-refractivity contribution in [2.45, 2.75) is 24.8 Å². The van der Waals surface area contributed by atoms with Crippen molar-refractivity contribution in [1.82, 2.24) is 9.88 Å². The van der Waals surface area contributed by atoms with Crippen molar-refractivity contribution in [2.75, 3.05) is 7.11 Å². The summed E-state index contributed by atoms with van der Waals surface area (Å²) in [5.74, 6) is 0.584. The summed E-state index contributed by atoms with van der Waals surface area (Å²) in [4.78, 5) is 19.2. The summed E-state index contributed by atoms with van der Waals surface area (Å²) in [5.41, 5.74) is 3.42. The summed E-state index contributed by atoms with van der Waals surface area (Å²) in [5, 5.41) is 3.24. The fourth-order valence-corrected chi connectivity index (χ4v) is 5.38. The molecule has 0 spiro atoms. The number of hydrogen-bond acceptors (Lipinski definition) is 5. The molecule has 3 aromatic rings. The Balaban J connectivity index is 1.61. The van der Waals surface area contributed by atoms with Gasteiger partial charge in [-0.15, -0.1) is 11.3 Å². The number of aromatic amines is 1. The molecule has 3 heterocycles. The molecular formula is C19H18N2O2S3. The fourth-order valence-electron chi connectivity index (χ4n) is 3.36. The summed E-state index contributed by atoms with van der Waals surface area (Å²) in [6.45, 7) is 0.597. The molecule has 1 N–H and O–H groups in total. The first-order chi connectivity index (χ1) is 12.7. The van der Waals surface area contributed by atoms with Crippen LogP contribution < -0.4 is 0 Å². The van der Waals surface area contributed by atoms with Crippen LogP contribution in [0.3, 0.4) is 0 Å². The number of thiophene rings is 1. The predicted octanol–water partition coefficient (Wildman–Crippen LogP) is 4.35. The summed E-state index contributed by atoms with van der Waals surface area (Å²) < 4.78 is 5.80. The zero-order valence-electron chi connectivity index (χ0n) is 14.2. The van der Waals surface area contributed by atoms with E-state index in [0.29, 0.717) is 13.0 Å². The Labute approximate surface area is 165 Å². The molecule has 4 rings (SSSR count). The first kappa shape index (κ1) is 17.6. The van der Waals surface area contributed by atoms with Crippen molar-refractivity contribution in [3.8, 4) is 0 Å². The average Bonchev–Trinajstić information content (AvgIpc) is 3.31. The Morgan fingerprint density at radius 2 is 2.23 bits per heavy atom. The van der Waals surface area contributed by atoms with Crippen molar-refractivity contribution < 1.29 is 9.53 Å². The molecule has 1 aromatic carbocycles. The molecule has 0 unspecified atom stereocenters. The number of ether oxygens (including phenoxy) is 1. The maximum absolute atomic E-state index is 12.4. The minimum atomic E-state index is -0.380. The Morgan fingerprint density at radius 1 is 1.38 bits per heavy atom. The number of nitrogens with zero attached hydrogens (tertiary/aromatic N) is 1. The van der Waals surface area contributed by atoms with Crippen LogP contribution in [0.25, 0.3) is 10.9 Å². The van der Waals surface area contributed by atoms with Crippen LogP contribution >= 0.6 is 35.3 Å². The number of thioether (sulfide) groups is 1. The molecule has 0 radical (unpaired) electrons. The number of carbonyl (C=O) groups is 1. The zero-order valence-corrected chi connectivity index (χ0v) is 16.7. The molecule has 0 fully saturated rings. The van der Waals surface area contributed by atoms with Gasteiger partial charge in [-0.1, -0.05) is 48.2 Å². The van der Waals surface area contributed by atoms with Gasteiger partial charge < -0.3 is 14.6 Å². The number of H-pyrrole nitrogens is 1. The topological polar surface area (TPSA) is 45.3 Å². The van der Waals surface area contributed by atoms with E-state index in [4.69, 9.17) is 17.0 Å². The molecule has 7 heteroatoms. The number of methoxy groups -OCH3 is 1. The summed E-state index contributed by atoms with van der Waals surface area (Å²) >= 11 is 8.99. The van der Waals surface area contributed by atoms with E-state index in [-0.39, 0.29) is 12.0 Å². The number of nitrogens with one attached hydrogen (secondary N) is 1. The van der Waals surface area contributed by atoms with Crippen molar-refractivity contribution in [1.29, 1.82) is 0 Å². The number of esters is 1. The Morgan fingerprint density at radius 3 is 3.00 bits per heavy atom. The van der Waals surface area contributed by atoms with Crippen LogP contribution in [0.5, 0.6) is 0 Å². The summed E-state index contributed by atoms with van der Waals surface area (Å²) in [6.07, 6.45) is 0.603. The molecule has 0 aliphatic carbocycles. The molecule has 0 saturated carbocycles. The van der Waals surface area contributed by atoms with Crippen LogP contribution in [0.2, 0.25) is 0 Å². The second-order valence-corrected chi connectivity index (χ2v) is 8.77. The third kappa shape index (κ3) is 3.26. The zero-order chi connectivity index (χ0) is 18.1. The minimum Gasteiger partial charge on any atom is -0.467 e. The third-order valence-corrected chi connectivity index (χ3v) is 7.21. The number of hydrogen-bond donors (Lipinski definition) is 1. The largest absolute Gasteiger partial charge is 0.467 e. The maximum atomic E-state index is 12.4. The maximum Gasteiger partial charge on any atom is 0.328 e. The second kappa shape index (κ2) is 7.42. The van der Waals surface area contributed by atoms with E-state index < -0.39 is 0 Å². The Kier molecular flexibility index (Phi) is 5.02. The van der Waals surface area contributed by atoms with Gasteiger partial charge in [-0.3, -0.25) is 0 Å². The predicted molar refractivity (Wildman–Crippen MR) is 112 cm³/mol. The lowest BCUT2D eigenvalue weighted by atomic mass is 9.97. The van der Waals surface area contributed by atoms with Gasteiger partial charge in [0.25, 0.3) is 0 Å². The first-order valence-electron chi connectivity index (χ1n) is 8.29.